The van der Waals surface area contributed by atoms with Gasteiger partial charge in [-0.15, -0.1) is 0 Å². The van der Waals surface area contributed by atoms with Crippen LogP contribution in [-0.2, 0) is 39.7 Å². The van der Waals surface area contributed by atoms with Gasteiger partial charge in [0.1, 0.15) is 0 Å². The molecule has 68 heavy (non-hydrogen) atoms. The van der Waals surface area contributed by atoms with Gasteiger partial charge < -0.3 is 21.5 Å². The second kappa shape index (κ2) is 31.2. The first kappa shape index (κ1) is 63.9. The Labute approximate surface area is 417 Å². The third kappa shape index (κ3) is 22.6. The van der Waals surface area contributed by atoms with Gasteiger partial charge in [-0.1, -0.05) is 189 Å². The van der Waals surface area contributed by atoms with E-state index < -0.39 is 55.0 Å². The average molecular weight is 1140 g/mol. The van der Waals surface area contributed by atoms with Gasteiger partial charge in [0, 0.05) is 13.8 Å². The predicted molar refractivity (Wildman–Crippen MR) is 254 cm³/mol. The average Bonchev–Trinajstić information content (AvgIpc) is 3.28. The molecule has 0 radical (unpaired) electrons. The molecule has 0 heterocycles. The van der Waals surface area contributed by atoms with Crippen LogP contribution in [-0.4, -0.2) is 55.4 Å². The second-order valence-electron chi connectivity index (χ2n) is 13.8. The van der Waals surface area contributed by atoms with E-state index in [-0.39, 0.29) is 37.3 Å². The van der Waals surface area contributed by atoms with Gasteiger partial charge in [0.2, 0.25) is 0 Å². The van der Waals surface area contributed by atoms with Gasteiger partial charge in [-0.25, -0.2) is 16.8 Å². The fourth-order valence-electron chi connectivity index (χ4n) is 5.94. The largest absolute Gasteiger partial charge is 3.00 e. The van der Waals surface area contributed by atoms with Crippen molar-refractivity contribution in [1.29, 1.82) is 10.5 Å². The summed E-state index contributed by atoms with van der Waals surface area (Å²) in [7, 11) is -13.8. The van der Waals surface area contributed by atoms with Crippen LogP contribution in [0.25, 0.3) is 0 Å². The van der Waals surface area contributed by atoms with Gasteiger partial charge in [-0.3, -0.25) is 0 Å². The molecular formula is C47H45ClF6N2O6P3RhS2. The first-order chi connectivity index (χ1) is 31.0. The maximum Gasteiger partial charge on any atom is 3.00 e. The van der Waals surface area contributed by atoms with E-state index in [4.69, 9.17) is 36.5 Å². The number of nitrogens with zero attached hydrogens (tertiary/aromatic N) is 2. The molecule has 6 aromatic rings. The van der Waals surface area contributed by atoms with Gasteiger partial charge in [-0.05, 0) is 79.5 Å². The van der Waals surface area contributed by atoms with Crippen LogP contribution in [0.5, 0.6) is 0 Å². The molecule has 8 nitrogen and oxygen atoms in total. The predicted octanol–water partition coefficient (Wildman–Crippen LogP) is 6.56. The summed E-state index contributed by atoms with van der Waals surface area (Å²) in [5.74, 6) is 0. The maximum absolute atomic E-state index is 10.7. The fourth-order valence-corrected chi connectivity index (χ4v) is 14.6. The van der Waals surface area contributed by atoms with E-state index in [0.29, 0.717) is 0 Å². The minimum atomic E-state index is -6.09. The van der Waals surface area contributed by atoms with E-state index in [9.17, 15) is 26.3 Å². The van der Waals surface area contributed by atoms with E-state index in [1.807, 2.05) is 0 Å². The molecule has 0 saturated carbocycles. The van der Waals surface area contributed by atoms with Gasteiger partial charge in [-0.2, -0.15) is 36.9 Å². The van der Waals surface area contributed by atoms with Crippen LogP contribution in [0.2, 0.25) is 0 Å². The van der Waals surface area contributed by atoms with Crippen LogP contribution in [0, 0.1) is 28.1 Å². The van der Waals surface area contributed by atoms with Gasteiger partial charge in [0.25, 0.3) is 0 Å². The Kier molecular flexibility index (Phi) is 29.3. The summed E-state index contributed by atoms with van der Waals surface area (Å²) in [6, 6.07) is 71.2. The van der Waals surface area contributed by atoms with Crippen molar-refractivity contribution in [3.8, 4) is 12.1 Å². The summed E-state index contributed by atoms with van der Waals surface area (Å²) in [6.45, 7) is 5.47. The molecule has 0 amide bonds. The maximum atomic E-state index is 10.7. The van der Waals surface area contributed by atoms with E-state index in [2.05, 4.69) is 189 Å². The van der Waals surface area contributed by atoms with Crippen molar-refractivity contribution >= 4 is 75.8 Å². The Morgan fingerprint density at radius 3 is 0.647 bits per heavy atom. The molecule has 0 spiro atoms. The Morgan fingerprint density at radius 2 is 0.544 bits per heavy atom. The normalized spacial score (nSPS) is 11.1. The number of halogens is 7. The zero-order valence-electron chi connectivity index (χ0n) is 36.4. The molecule has 0 saturated heterocycles. The Bertz CT molecular complexity index is 2250. The number of benzene rings is 6. The number of hydrogen-bond acceptors (Lipinski definition) is 8. The summed E-state index contributed by atoms with van der Waals surface area (Å²) in [5.41, 5.74) is -11.2. The van der Waals surface area contributed by atoms with Crippen LogP contribution in [0.1, 0.15) is 20.8 Å². The third-order valence-corrected chi connectivity index (χ3v) is 18.5. The van der Waals surface area contributed by atoms with Crippen molar-refractivity contribution in [2.24, 2.45) is 5.41 Å². The van der Waals surface area contributed by atoms with Crippen LogP contribution < -0.4 is 44.2 Å². The zero-order chi connectivity index (χ0) is 49.4. The molecule has 0 N–H and O–H groups in total. The molecule has 0 atom stereocenters. The van der Waals surface area contributed by atoms with Crippen LogP contribution >= 0.6 is 23.8 Å². The summed E-state index contributed by atoms with van der Waals surface area (Å²) in [5, 5.41) is 23.4. The van der Waals surface area contributed by atoms with Crippen LogP contribution in [0.4, 0.5) is 26.3 Å². The Hall–Kier alpha value is -4.10. The van der Waals surface area contributed by atoms with E-state index >= 15 is 0 Å². The molecule has 21 heteroatoms. The monoisotopic (exact) mass is 1140 g/mol. The number of hydrogen-bond donors (Lipinski definition) is 0. The molecule has 0 aliphatic rings. The molecule has 0 aromatic heterocycles. The smallest absolute Gasteiger partial charge is 1.00 e. The molecule has 0 aliphatic heterocycles. The summed E-state index contributed by atoms with van der Waals surface area (Å²) in [4.78, 5) is 0. The summed E-state index contributed by atoms with van der Waals surface area (Å²) >= 11 is 0. The molecule has 0 aliphatic carbocycles. The van der Waals surface area contributed by atoms with E-state index in [0.717, 1.165) is 18.5 Å². The number of alkyl halides is 6. The van der Waals surface area contributed by atoms with Crippen molar-refractivity contribution in [3.63, 3.8) is 0 Å². The molecular weight excluding hydrogens is 1100 g/mol. The molecule has 6 aromatic carbocycles. The molecule has 0 bridgehead atoms. The van der Waals surface area contributed by atoms with Crippen LogP contribution in [0.15, 0.2) is 182 Å². The Balaban J connectivity index is 0.00000157. The minimum Gasteiger partial charge on any atom is -1.00 e. The summed E-state index contributed by atoms with van der Waals surface area (Å²) < 4.78 is 118. The topological polar surface area (TPSA) is 162 Å². The van der Waals surface area contributed by atoms with Crippen molar-refractivity contribution < 1.29 is 84.2 Å². The Morgan fingerprint density at radius 1 is 0.426 bits per heavy atom. The first-order valence-corrected chi connectivity index (χ1v) is 26.7. The van der Waals surface area contributed by atoms with Crippen LogP contribution in [0.3, 0.4) is 0 Å². The first-order valence-electron chi connectivity index (χ1n) is 19.3. The molecule has 364 valence electrons. The minimum absolute atomic E-state index is 0. The van der Waals surface area contributed by atoms with Gasteiger partial charge in [0.05, 0.1) is 12.1 Å². The van der Waals surface area contributed by atoms with Crippen molar-refractivity contribution in [2.45, 2.75) is 31.8 Å². The van der Waals surface area contributed by atoms with Crippen molar-refractivity contribution in [1.82, 2.24) is 0 Å². The standard InChI is InChI=1S/C41H39P3.2C2H3N.2CHF3O3S.ClH.Rh/c1-41(32-42(35-20-8-2-9-21-35)36-22-10-3-11-23-36,33-43(37-24-12-4-13-25-37)38-26-14-5-15-27-38)34-44(39-28-16-6-17-29-39)40-30-18-7-19-31-40;2*1-2-3;2*2-1(3,4)8(5,6)7;;/h2-31H,32-34H2,1H3;2*1H3;2*(H,5,6,7);1H;/q;;;;;;+3/p-3. The van der Waals surface area contributed by atoms with Gasteiger partial charge in [0.15, 0.2) is 20.2 Å². The van der Waals surface area contributed by atoms with Crippen molar-refractivity contribution in [2.75, 3.05) is 18.5 Å². The number of nitriles is 2. The molecule has 0 fully saturated rings. The van der Waals surface area contributed by atoms with E-state index in [1.54, 1.807) is 12.1 Å². The van der Waals surface area contributed by atoms with Crippen molar-refractivity contribution in [3.05, 3.63) is 182 Å². The second-order valence-corrected chi connectivity index (χ2v) is 23.2. The SMILES string of the molecule is CC#N.CC#N.CC(CP(c1ccccc1)c1ccccc1)(CP(c1ccccc1)c1ccccc1)CP(c1ccccc1)c1ccccc1.O=S(=O)([O-])C(F)(F)F.O=S(=O)([O-])C(F)(F)F.[Cl-].[Rh+3]. The number of rotatable bonds is 12. The molecule has 6 rings (SSSR count). The quantitative estimate of drug-likeness (QED) is 0.0438. The third-order valence-electron chi connectivity index (χ3n) is 8.59. The zero-order valence-corrected chi connectivity index (χ0v) is 43.1. The van der Waals surface area contributed by atoms with E-state index in [1.165, 1.54) is 45.7 Å². The van der Waals surface area contributed by atoms with Gasteiger partial charge >= 0.3 is 30.5 Å². The summed E-state index contributed by atoms with van der Waals surface area (Å²) in [6.07, 6.45) is 3.44. The molecule has 0 unspecified atom stereocenters. The fraction of sp³-hybridized carbons (Fsp3) is 0.191.